The van der Waals surface area contributed by atoms with Crippen LogP contribution in [0.3, 0.4) is 0 Å². The Labute approximate surface area is 193 Å². The molecule has 0 aliphatic heterocycles. The second kappa shape index (κ2) is 9.73. The first-order valence-corrected chi connectivity index (χ1v) is 11.3. The number of nitrogens with one attached hydrogen (secondary N) is 2. The van der Waals surface area contributed by atoms with Crippen molar-refractivity contribution in [2.45, 2.75) is 46.1 Å². The van der Waals surface area contributed by atoms with Gasteiger partial charge < -0.3 is 15.8 Å². The van der Waals surface area contributed by atoms with Crippen LogP contribution in [0.4, 0.5) is 5.82 Å². The third-order valence-electron chi connectivity index (χ3n) is 5.82. The second-order valence-corrected chi connectivity index (χ2v) is 8.05. The topological polar surface area (TPSA) is 106 Å². The number of aromatic amines is 1. The van der Waals surface area contributed by atoms with Crippen LogP contribution in [0.1, 0.15) is 49.5 Å². The minimum atomic E-state index is -0.0362. The number of nitrogens with zero attached hydrogens (tertiary/aromatic N) is 2. The molecule has 0 spiro atoms. The predicted octanol–water partition coefficient (Wildman–Crippen LogP) is 5.48. The molecule has 7 heteroatoms. The number of benzene rings is 2. The van der Waals surface area contributed by atoms with Crippen molar-refractivity contribution < 1.29 is 9.53 Å². The smallest absolute Gasteiger partial charge is 0.251 e. The zero-order valence-electron chi connectivity index (χ0n) is 19.2. The summed E-state index contributed by atoms with van der Waals surface area (Å²) in [5.74, 6) is 1.58. The normalized spacial score (nSPS) is 11.2. The van der Waals surface area contributed by atoms with Gasteiger partial charge in [0.2, 0.25) is 0 Å². The average molecular weight is 444 g/mol. The number of H-pyrrole nitrogens is 1. The molecule has 0 aliphatic rings. The third-order valence-corrected chi connectivity index (χ3v) is 5.82. The standard InChI is InChI=1S/C26H29N5O2/c1-4-16-11-17(8-10-22(16)26(32)29-19(5-2)6-3)23-13-21(14-25(27)30-23)33-20-9-7-18-15-28-31-24(18)12-20/h7-15,19H,4-6H2,1-3H3,(H2,27,30)(H,28,31)(H,29,32). The highest BCUT2D eigenvalue weighted by Crippen LogP contribution is 2.30. The van der Waals surface area contributed by atoms with Gasteiger partial charge in [-0.1, -0.05) is 26.8 Å². The van der Waals surface area contributed by atoms with Crippen LogP contribution in [0, 0.1) is 0 Å². The van der Waals surface area contributed by atoms with Gasteiger partial charge >= 0.3 is 0 Å². The van der Waals surface area contributed by atoms with Crippen LogP contribution in [-0.2, 0) is 6.42 Å². The molecule has 1 amide bonds. The Bertz CT molecular complexity index is 1280. The van der Waals surface area contributed by atoms with Crippen LogP contribution >= 0.6 is 0 Å². The van der Waals surface area contributed by atoms with Crippen LogP contribution in [0.15, 0.2) is 54.7 Å². The number of anilines is 1. The molecule has 0 bridgehead atoms. The van der Waals surface area contributed by atoms with Gasteiger partial charge in [0.05, 0.1) is 17.4 Å². The molecule has 2 aromatic heterocycles. The third kappa shape index (κ3) is 4.98. The number of ether oxygens (including phenoxy) is 1. The molecule has 170 valence electrons. The van der Waals surface area contributed by atoms with E-state index in [4.69, 9.17) is 10.5 Å². The Morgan fingerprint density at radius 3 is 2.64 bits per heavy atom. The van der Waals surface area contributed by atoms with E-state index in [1.165, 1.54) is 0 Å². The van der Waals surface area contributed by atoms with Crippen LogP contribution in [0.25, 0.3) is 22.2 Å². The molecule has 4 rings (SSSR count). The lowest BCUT2D eigenvalue weighted by molar-refractivity contribution is 0.0934. The van der Waals surface area contributed by atoms with E-state index < -0.39 is 0 Å². The van der Waals surface area contributed by atoms with E-state index in [9.17, 15) is 4.79 Å². The van der Waals surface area contributed by atoms with Gasteiger partial charge in [0.25, 0.3) is 5.91 Å². The number of nitrogens with two attached hydrogens (primary N) is 1. The van der Waals surface area contributed by atoms with Gasteiger partial charge in [-0.2, -0.15) is 5.10 Å². The lowest BCUT2D eigenvalue weighted by Gasteiger charge is -2.17. The van der Waals surface area contributed by atoms with Crippen molar-refractivity contribution in [3.05, 3.63) is 65.9 Å². The molecule has 0 aliphatic carbocycles. The molecule has 2 aromatic carbocycles. The van der Waals surface area contributed by atoms with Crippen molar-refractivity contribution in [2.24, 2.45) is 0 Å². The van der Waals surface area contributed by atoms with Gasteiger partial charge in [-0.05, 0) is 49.1 Å². The fraction of sp³-hybridized carbons (Fsp3) is 0.269. The van der Waals surface area contributed by atoms with Crippen molar-refractivity contribution in [2.75, 3.05) is 5.73 Å². The molecule has 2 heterocycles. The second-order valence-electron chi connectivity index (χ2n) is 8.05. The van der Waals surface area contributed by atoms with E-state index >= 15 is 0 Å². The lowest BCUT2D eigenvalue weighted by Crippen LogP contribution is -2.34. The van der Waals surface area contributed by atoms with Crippen molar-refractivity contribution in [1.82, 2.24) is 20.5 Å². The van der Waals surface area contributed by atoms with E-state index in [0.717, 1.165) is 41.3 Å². The van der Waals surface area contributed by atoms with E-state index in [2.05, 4.69) is 34.3 Å². The summed E-state index contributed by atoms with van der Waals surface area (Å²) in [5.41, 5.74) is 10.2. The number of fused-ring (bicyclic) bond motifs is 1. The Kier molecular flexibility index (Phi) is 6.58. The van der Waals surface area contributed by atoms with Crippen LogP contribution < -0.4 is 15.8 Å². The number of carbonyl (C=O) groups excluding carboxylic acids is 1. The number of carbonyl (C=O) groups is 1. The molecule has 7 nitrogen and oxygen atoms in total. The first-order valence-electron chi connectivity index (χ1n) is 11.3. The molecule has 0 unspecified atom stereocenters. The zero-order valence-corrected chi connectivity index (χ0v) is 19.2. The highest BCUT2D eigenvalue weighted by molar-refractivity contribution is 5.96. The number of amides is 1. The zero-order chi connectivity index (χ0) is 23.4. The van der Waals surface area contributed by atoms with Gasteiger partial charge in [-0.3, -0.25) is 9.89 Å². The maximum atomic E-state index is 12.8. The van der Waals surface area contributed by atoms with Crippen LogP contribution in [0.5, 0.6) is 11.5 Å². The number of hydrogen-bond acceptors (Lipinski definition) is 5. The summed E-state index contributed by atoms with van der Waals surface area (Å²) in [6.45, 7) is 6.20. The molecule has 4 N–H and O–H groups in total. The maximum Gasteiger partial charge on any atom is 0.251 e. The van der Waals surface area contributed by atoms with Gasteiger partial charge in [-0.15, -0.1) is 0 Å². The Hall–Kier alpha value is -3.87. The number of rotatable bonds is 8. The van der Waals surface area contributed by atoms with Crippen LogP contribution in [-0.4, -0.2) is 27.1 Å². The predicted molar refractivity (Wildman–Crippen MR) is 131 cm³/mol. The average Bonchev–Trinajstić information content (AvgIpc) is 3.29. The Balaban J connectivity index is 1.61. The number of aromatic nitrogens is 3. The van der Waals surface area contributed by atoms with E-state index in [0.29, 0.717) is 28.6 Å². The summed E-state index contributed by atoms with van der Waals surface area (Å²) in [4.78, 5) is 17.3. The largest absolute Gasteiger partial charge is 0.457 e. The maximum absolute atomic E-state index is 12.8. The molecular formula is C26H29N5O2. The van der Waals surface area contributed by atoms with Gasteiger partial charge in [0.15, 0.2) is 0 Å². The summed E-state index contributed by atoms with van der Waals surface area (Å²) >= 11 is 0. The summed E-state index contributed by atoms with van der Waals surface area (Å²) in [6.07, 6.45) is 4.31. The van der Waals surface area contributed by atoms with E-state index in [-0.39, 0.29) is 11.9 Å². The number of aryl methyl sites for hydroxylation is 1. The minimum Gasteiger partial charge on any atom is -0.457 e. The molecule has 0 atom stereocenters. The fourth-order valence-corrected chi connectivity index (χ4v) is 3.87. The van der Waals surface area contributed by atoms with Crippen molar-refractivity contribution >= 4 is 22.6 Å². The van der Waals surface area contributed by atoms with Crippen LogP contribution in [0.2, 0.25) is 0 Å². The van der Waals surface area contributed by atoms with Gasteiger partial charge in [0, 0.05) is 40.8 Å². The summed E-state index contributed by atoms with van der Waals surface area (Å²) in [6, 6.07) is 15.2. The molecule has 4 aromatic rings. The van der Waals surface area contributed by atoms with Gasteiger partial charge in [-0.25, -0.2) is 4.98 Å². The Morgan fingerprint density at radius 2 is 1.88 bits per heavy atom. The van der Waals surface area contributed by atoms with E-state index in [1.54, 1.807) is 12.3 Å². The number of hydrogen-bond donors (Lipinski definition) is 3. The van der Waals surface area contributed by atoms with Crippen molar-refractivity contribution in [1.29, 1.82) is 0 Å². The highest BCUT2D eigenvalue weighted by Gasteiger charge is 2.15. The van der Waals surface area contributed by atoms with Crippen molar-refractivity contribution in [3.63, 3.8) is 0 Å². The molecule has 0 radical (unpaired) electrons. The fourth-order valence-electron chi connectivity index (χ4n) is 3.87. The highest BCUT2D eigenvalue weighted by atomic mass is 16.5. The number of pyridine rings is 1. The first-order chi connectivity index (χ1) is 16.0. The Morgan fingerprint density at radius 1 is 1.06 bits per heavy atom. The SMILES string of the molecule is CCc1cc(-c2cc(Oc3ccc4cn[nH]c4c3)cc(N)n2)ccc1C(=O)NC(CC)CC. The number of nitrogen functional groups attached to an aromatic ring is 1. The quantitative estimate of drug-likeness (QED) is 0.334. The summed E-state index contributed by atoms with van der Waals surface area (Å²) < 4.78 is 6.05. The molecule has 33 heavy (non-hydrogen) atoms. The monoisotopic (exact) mass is 443 g/mol. The summed E-state index contributed by atoms with van der Waals surface area (Å²) in [5, 5.41) is 11.1. The summed E-state index contributed by atoms with van der Waals surface area (Å²) in [7, 11) is 0. The molecule has 0 saturated carbocycles. The molecule has 0 saturated heterocycles. The molecular weight excluding hydrogens is 414 g/mol. The van der Waals surface area contributed by atoms with Gasteiger partial charge in [0.1, 0.15) is 17.3 Å². The lowest BCUT2D eigenvalue weighted by atomic mass is 9.99. The van der Waals surface area contributed by atoms with E-state index in [1.807, 2.05) is 49.4 Å². The van der Waals surface area contributed by atoms with Crippen molar-refractivity contribution in [3.8, 4) is 22.8 Å². The molecule has 0 fully saturated rings. The first kappa shape index (κ1) is 22.3. The minimum absolute atomic E-state index is 0.0362.